The Labute approximate surface area is 141 Å². The van der Waals surface area contributed by atoms with Crippen LogP contribution in [0.3, 0.4) is 0 Å². The minimum atomic E-state index is -0.429. The van der Waals surface area contributed by atoms with Crippen LogP contribution in [0.1, 0.15) is 12.5 Å². The minimum Gasteiger partial charge on any atom is -0.463 e. The summed E-state index contributed by atoms with van der Waals surface area (Å²) in [4.78, 5) is 15.4. The van der Waals surface area contributed by atoms with E-state index >= 15 is 0 Å². The molecule has 0 spiro atoms. The lowest BCUT2D eigenvalue weighted by molar-refractivity contribution is -0.384. The van der Waals surface area contributed by atoms with Crippen LogP contribution in [0.15, 0.2) is 62.6 Å². The summed E-state index contributed by atoms with van der Waals surface area (Å²) >= 11 is 1.47. The fourth-order valence-electron chi connectivity index (χ4n) is 2.06. The Morgan fingerprint density at radius 2 is 2.12 bits per heavy atom. The van der Waals surface area contributed by atoms with Gasteiger partial charge in [0.25, 0.3) is 5.69 Å². The van der Waals surface area contributed by atoms with Gasteiger partial charge in [-0.15, -0.1) is 11.3 Å². The van der Waals surface area contributed by atoms with Crippen LogP contribution in [0.2, 0.25) is 0 Å². The number of non-ortho nitro benzene ring substituents is 1. The first-order chi connectivity index (χ1) is 11.7. The number of benzene rings is 1. The summed E-state index contributed by atoms with van der Waals surface area (Å²) in [5.41, 5.74) is 1.61. The molecule has 0 radical (unpaired) electrons. The SMILES string of the molecule is CCN=c1scc(-c2ccco2)n1N=Cc1ccc([N+](=O)[O-])cc1. The summed E-state index contributed by atoms with van der Waals surface area (Å²) in [5.74, 6) is 0.699. The summed E-state index contributed by atoms with van der Waals surface area (Å²) in [6.07, 6.45) is 3.24. The summed E-state index contributed by atoms with van der Waals surface area (Å²) in [7, 11) is 0. The molecule has 0 atom stereocenters. The van der Waals surface area contributed by atoms with E-state index in [1.54, 1.807) is 29.3 Å². The first-order valence-corrected chi connectivity index (χ1v) is 8.10. The average molecular weight is 342 g/mol. The normalized spacial score (nSPS) is 12.1. The van der Waals surface area contributed by atoms with Crippen LogP contribution in [0, 0.1) is 10.1 Å². The predicted molar refractivity (Wildman–Crippen MR) is 92.2 cm³/mol. The summed E-state index contributed by atoms with van der Waals surface area (Å²) in [5, 5.41) is 17.1. The van der Waals surface area contributed by atoms with E-state index in [0.717, 1.165) is 16.1 Å². The van der Waals surface area contributed by atoms with E-state index in [1.807, 2.05) is 24.4 Å². The third-order valence-corrected chi connectivity index (χ3v) is 4.03. The Morgan fingerprint density at radius 3 is 2.75 bits per heavy atom. The van der Waals surface area contributed by atoms with Crippen molar-refractivity contribution in [3.8, 4) is 11.5 Å². The van der Waals surface area contributed by atoms with Gasteiger partial charge in [-0.1, -0.05) is 0 Å². The molecule has 2 aromatic heterocycles. The Bertz CT molecular complexity index is 921. The number of thiazole rings is 1. The fraction of sp³-hybridized carbons (Fsp3) is 0.125. The van der Waals surface area contributed by atoms with Gasteiger partial charge in [0.1, 0.15) is 5.69 Å². The van der Waals surface area contributed by atoms with Crippen LogP contribution in [-0.2, 0) is 0 Å². The number of nitro groups is 1. The molecule has 7 nitrogen and oxygen atoms in total. The molecule has 0 saturated carbocycles. The number of hydrogen-bond donors (Lipinski definition) is 0. The van der Waals surface area contributed by atoms with Crippen molar-refractivity contribution >= 4 is 23.2 Å². The van der Waals surface area contributed by atoms with Crippen molar-refractivity contribution in [1.29, 1.82) is 0 Å². The average Bonchev–Trinajstić information content (AvgIpc) is 3.23. The predicted octanol–water partition coefficient (Wildman–Crippen LogP) is 3.52. The lowest BCUT2D eigenvalue weighted by atomic mass is 10.2. The molecule has 3 aromatic rings. The molecule has 0 fully saturated rings. The lowest BCUT2D eigenvalue weighted by Gasteiger charge is -2.00. The summed E-state index contributed by atoms with van der Waals surface area (Å²) in [6, 6.07) is 9.87. The van der Waals surface area contributed by atoms with E-state index in [4.69, 9.17) is 4.42 Å². The molecule has 0 aliphatic carbocycles. The fourth-order valence-corrected chi connectivity index (χ4v) is 2.94. The molecule has 0 aliphatic rings. The molecule has 0 amide bonds. The number of nitrogens with zero attached hydrogens (tertiary/aromatic N) is 4. The van der Waals surface area contributed by atoms with E-state index in [9.17, 15) is 10.1 Å². The minimum absolute atomic E-state index is 0.0493. The number of furan rings is 1. The molecule has 2 heterocycles. The van der Waals surface area contributed by atoms with Crippen molar-refractivity contribution in [3.05, 3.63) is 68.5 Å². The number of nitro benzene ring substituents is 1. The van der Waals surface area contributed by atoms with Gasteiger partial charge in [0.05, 0.1) is 17.4 Å². The van der Waals surface area contributed by atoms with Gasteiger partial charge in [-0.05, 0) is 36.8 Å². The Hall–Kier alpha value is -3.00. The quantitative estimate of drug-likeness (QED) is 0.404. The highest BCUT2D eigenvalue weighted by atomic mass is 32.1. The summed E-state index contributed by atoms with van der Waals surface area (Å²) < 4.78 is 7.14. The van der Waals surface area contributed by atoms with Gasteiger partial charge in [-0.25, -0.2) is 4.68 Å². The number of hydrogen-bond acceptors (Lipinski definition) is 6. The Kier molecular flexibility index (Phi) is 4.66. The molecule has 3 rings (SSSR count). The van der Waals surface area contributed by atoms with Crippen molar-refractivity contribution in [2.24, 2.45) is 10.1 Å². The molecule has 1 aromatic carbocycles. The van der Waals surface area contributed by atoms with Gasteiger partial charge in [0.2, 0.25) is 4.80 Å². The van der Waals surface area contributed by atoms with Crippen LogP contribution in [0.25, 0.3) is 11.5 Å². The molecule has 0 bridgehead atoms. The third-order valence-electron chi connectivity index (χ3n) is 3.18. The van der Waals surface area contributed by atoms with Crippen molar-refractivity contribution in [3.63, 3.8) is 0 Å². The standard InChI is InChI=1S/C16H14N4O3S/c1-2-17-16-19(14(11-24-16)15-4-3-9-23-15)18-10-12-5-7-13(8-6-12)20(21)22/h3-11H,2H2,1H3. The Balaban J connectivity index is 1.97. The van der Waals surface area contributed by atoms with Crippen LogP contribution < -0.4 is 4.80 Å². The van der Waals surface area contributed by atoms with E-state index in [-0.39, 0.29) is 5.69 Å². The van der Waals surface area contributed by atoms with Gasteiger partial charge in [-0.3, -0.25) is 15.1 Å². The monoisotopic (exact) mass is 342 g/mol. The van der Waals surface area contributed by atoms with E-state index in [1.165, 1.54) is 23.5 Å². The van der Waals surface area contributed by atoms with Gasteiger partial charge >= 0.3 is 0 Å². The second kappa shape index (κ2) is 7.05. The van der Waals surface area contributed by atoms with Crippen LogP contribution in [-0.4, -0.2) is 22.4 Å². The topological polar surface area (TPSA) is 85.9 Å². The van der Waals surface area contributed by atoms with E-state index in [2.05, 4.69) is 10.1 Å². The zero-order valence-electron chi connectivity index (χ0n) is 12.8. The zero-order valence-corrected chi connectivity index (χ0v) is 13.6. The summed E-state index contributed by atoms with van der Waals surface area (Å²) in [6.45, 7) is 2.60. The third kappa shape index (κ3) is 3.33. The first kappa shape index (κ1) is 15.9. The maximum absolute atomic E-state index is 10.7. The van der Waals surface area contributed by atoms with Gasteiger partial charge in [0, 0.05) is 24.1 Å². The Morgan fingerprint density at radius 1 is 1.33 bits per heavy atom. The van der Waals surface area contributed by atoms with E-state index < -0.39 is 4.92 Å². The van der Waals surface area contributed by atoms with E-state index in [0.29, 0.717) is 12.3 Å². The first-order valence-electron chi connectivity index (χ1n) is 7.22. The second-order valence-electron chi connectivity index (χ2n) is 4.76. The molecule has 0 unspecified atom stereocenters. The zero-order chi connectivity index (χ0) is 16.9. The number of aromatic nitrogens is 1. The van der Waals surface area contributed by atoms with Crippen LogP contribution >= 0.6 is 11.3 Å². The molecule has 24 heavy (non-hydrogen) atoms. The van der Waals surface area contributed by atoms with Crippen molar-refractivity contribution < 1.29 is 9.34 Å². The highest BCUT2D eigenvalue weighted by Gasteiger charge is 2.09. The molecular formula is C16H14N4O3S. The van der Waals surface area contributed by atoms with Crippen LogP contribution in [0.5, 0.6) is 0 Å². The van der Waals surface area contributed by atoms with Crippen LogP contribution in [0.4, 0.5) is 5.69 Å². The lowest BCUT2D eigenvalue weighted by Crippen LogP contribution is -2.12. The second-order valence-corrected chi connectivity index (χ2v) is 5.60. The smallest absolute Gasteiger partial charge is 0.269 e. The maximum atomic E-state index is 10.7. The van der Waals surface area contributed by atoms with Gasteiger partial charge in [-0.2, -0.15) is 5.10 Å². The highest BCUT2D eigenvalue weighted by Crippen LogP contribution is 2.20. The van der Waals surface area contributed by atoms with Gasteiger partial charge < -0.3 is 4.42 Å². The molecule has 0 N–H and O–H groups in total. The largest absolute Gasteiger partial charge is 0.463 e. The van der Waals surface area contributed by atoms with Gasteiger partial charge in [0.15, 0.2) is 5.76 Å². The van der Waals surface area contributed by atoms with Crippen molar-refractivity contribution in [1.82, 2.24) is 4.68 Å². The van der Waals surface area contributed by atoms with Crippen molar-refractivity contribution in [2.75, 3.05) is 6.54 Å². The highest BCUT2D eigenvalue weighted by molar-refractivity contribution is 7.07. The molecule has 0 saturated heterocycles. The molecular weight excluding hydrogens is 328 g/mol. The molecule has 8 heteroatoms. The number of rotatable bonds is 5. The maximum Gasteiger partial charge on any atom is 0.269 e. The molecule has 122 valence electrons. The van der Waals surface area contributed by atoms with Crippen molar-refractivity contribution in [2.45, 2.75) is 6.92 Å². The molecule has 0 aliphatic heterocycles.